The minimum Gasteiger partial charge on any atom is -0.463 e. The van der Waals surface area contributed by atoms with Gasteiger partial charge in [-0.3, -0.25) is 9.59 Å². The first kappa shape index (κ1) is 63.9. The van der Waals surface area contributed by atoms with E-state index in [1.165, 1.54) is 218 Å². The van der Waals surface area contributed by atoms with Crippen molar-refractivity contribution in [2.45, 2.75) is 309 Å². The van der Waals surface area contributed by atoms with E-state index in [0.29, 0.717) is 19.4 Å². The lowest BCUT2D eigenvalue weighted by Gasteiger charge is -2.18. The van der Waals surface area contributed by atoms with E-state index in [9.17, 15) is 9.59 Å². The number of allylic oxidation sites excluding steroid dienone is 8. The van der Waals surface area contributed by atoms with Crippen LogP contribution in [0.3, 0.4) is 0 Å². The Labute approximate surface area is 412 Å². The van der Waals surface area contributed by atoms with Crippen LogP contribution in [0.25, 0.3) is 0 Å². The van der Waals surface area contributed by atoms with Crippen molar-refractivity contribution < 1.29 is 23.8 Å². The van der Waals surface area contributed by atoms with Crippen LogP contribution < -0.4 is 0 Å². The highest BCUT2D eigenvalue weighted by Gasteiger charge is 2.16. The number of carbonyl (C=O) groups is 2. The van der Waals surface area contributed by atoms with Crippen LogP contribution in [0.1, 0.15) is 303 Å². The Morgan fingerprint density at radius 3 is 0.909 bits per heavy atom. The van der Waals surface area contributed by atoms with Crippen molar-refractivity contribution in [3.63, 3.8) is 0 Å². The molecule has 0 N–H and O–H groups in total. The molecule has 0 bridgehead atoms. The van der Waals surface area contributed by atoms with Gasteiger partial charge in [-0.05, 0) is 83.5 Å². The smallest absolute Gasteiger partial charge is 0.305 e. The first-order valence-electron chi connectivity index (χ1n) is 29.2. The van der Waals surface area contributed by atoms with Gasteiger partial charge in [-0.2, -0.15) is 0 Å². The Hall–Kier alpha value is -2.14. The molecule has 0 aliphatic heterocycles. The first-order valence-corrected chi connectivity index (χ1v) is 29.2. The Morgan fingerprint density at radius 2 is 0.576 bits per heavy atom. The van der Waals surface area contributed by atoms with Crippen LogP contribution in [-0.4, -0.2) is 37.9 Å². The van der Waals surface area contributed by atoms with Crippen LogP contribution in [0, 0.1) is 0 Å². The molecule has 0 amide bonds. The monoisotopic (exact) mass is 925 g/mol. The van der Waals surface area contributed by atoms with Crippen LogP contribution in [-0.2, 0) is 23.8 Å². The van der Waals surface area contributed by atoms with Gasteiger partial charge in [0.2, 0.25) is 0 Å². The fourth-order valence-corrected chi connectivity index (χ4v) is 8.43. The van der Waals surface area contributed by atoms with Crippen LogP contribution in [0.4, 0.5) is 0 Å². The molecule has 0 aromatic heterocycles. The van der Waals surface area contributed by atoms with Crippen molar-refractivity contribution in [3.05, 3.63) is 48.6 Å². The zero-order chi connectivity index (χ0) is 47.7. The molecule has 0 heterocycles. The minimum atomic E-state index is -0.405. The molecule has 0 unspecified atom stereocenters. The van der Waals surface area contributed by atoms with Crippen molar-refractivity contribution in [2.75, 3.05) is 19.8 Å². The molecule has 0 aromatic carbocycles. The number of rotatable bonds is 54. The molecule has 386 valence electrons. The second kappa shape index (κ2) is 57.2. The van der Waals surface area contributed by atoms with Crippen LogP contribution in [0.5, 0.6) is 0 Å². The van der Waals surface area contributed by atoms with E-state index in [1.54, 1.807) is 0 Å². The lowest BCUT2D eigenvalue weighted by Crippen LogP contribution is -2.29. The van der Waals surface area contributed by atoms with Crippen LogP contribution >= 0.6 is 0 Å². The molecule has 0 aromatic rings. The number of esters is 2. The van der Waals surface area contributed by atoms with E-state index in [-0.39, 0.29) is 25.2 Å². The van der Waals surface area contributed by atoms with Crippen molar-refractivity contribution >= 4 is 11.9 Å². The van der Waals surface area contributed by atoms with E-state index in [0.717, 1.165) is 51.4 Å². The normalized spacial score (nSPS) is 12.1. The molecule has 5 heteroatoms. The fourth-order valence-electron chi connectivity index (χ4n) is 8.43. The summed E-state index contributed by atoms with van der Waals surface area (Å²) >= 11 is 0. The molecule has 0 fully saturated rings. The predicted octanol–water partition coefficient (Wildman–Crippen LogP) is 19.9. The molecule has 0 saturated carbocycles. The second-order valence-corrected chi connectivity index (χ2v) is 19.5. The zero-order valence-corrected chi connectivity index (χ0v) is 44.5. The largest absolute Gasteiger partial charge is 0.463 e. The molecule has 0 spiro atoms. The number of unbranched alkanes of at least 4 members (excludes halogenated alkanes) is 35. The summed E-state index contributed by atoms with van der Waals surface area (Å²) in [6.45, 7) is 7.71. The molecule has 5 nitrogen and oxygen atoms in total. The topological polar surface area (TPSA) is 61.8 Å². The van der Waals surface area contributed by atoms with Crippen molar-refractivity contribution in [1.82, 2.24) is 0 Å². The Balaban J connectivity index is 4.26. The number of ether oxygens (including phenoxy) is 3. The standard InChI is InChI=1S/C61H112O5/c1-4-7-10-13-16-19-22-25-28-31-33-36-39-42-45-48-51-54-60(62)65-57-59(64-56-53-50-47-44-41-38-35-30-27-24-21-18-15-12-9-6-3)58-66-61(63)55-52-49-46-43-40-37-34-32-29-26-23-20-17-14-11-8-5-2/h16-17,19-20,25-26,28-29,59H,4-15,18,21-24,27,30-58H2,1-3H3/b19-16-,20-17-,28-25-,29-26-. The molecule has 0 rings (SSSR count). The lowest BCUT2D eigenvalue weighted by atomic mass is 10.0. The molecule has 66 heavy (non-hydrogen) atoms. The number of hydrogen-bond donors (Lipinski definition) is 0. The van der Waals surface area contributed by atoms with Crippen molar-refractivity contribution in [3.8, 4) is 0 Å². The average Bonchev–Trinajstić information content (AvgIpc) is 3.32. The highest BCUT2D eigenvalue weighted by atomic mass is 16.6. The van der Waals surface area contributed by atoms with Gasteiger partial charge in [0.25, 0.3) is 0 Å². The number of hydrogen-bond acceptors (Lipinski definition) is 5. The summed E-state index contributed by atoms with van der Waals surface area (Å²) in [6, 6.07) is 0. The third kappa shape index (κ3) is 54.5. The van der Waals surface area contributed by atoms with Gasteiger partial charge < -0.3 is 14.2 Å². The van der Waals surface area contributed by atoms with Gasteiger partial charge in [0.05, 0.1) is 0 Å². The summed E-state index contributed by atoms with van der Waals surface area (Å²) in [5.41, 5.74) is 0. The van der Waals surface area contributed by atoms with Gasteiger partial charge >= 0.3 is 11.9 Å². The Kier molecular flexibility index (Phi) is 55.3. The minimum absolute atomic E-state index is 0.153. The predicted molar refractivity (Wildman–Crippen MR) is 288 cm³/mol. The summed E-state index contributed by atoms with van der Waals surface area (Å²) in [5.74, 6) is -0.338. The summed E-state index contributed by atoms with van der Waals surface area (Å²) in [4.78, 5) is 25.3. The van der Waals surface area contributed by atoms with Gasteiger partial charge in [-0.25, -0.2) is 0 Å². The summed E-state index contributed by atoms with van der Waals surface area (Å²) in [6.07, 6.45) is 71.5. The summed E-state index contributed by atoms with van der Waals surface area (Å²) in [5, 5.41) is 0. The maximum absolute atomic E-state index is 12.7. The van der Waals surface area contributed by atoms with Crippen LogP contribution in [0.15, 0.2) is 48.6 Å². The Bertz CT molecular complexity index is 1030. The fraction of sp³-hybridized carbons (Fsp3) is 0.836. The number of carbonyl (C=O) groups excluding carboxylic acids is 2. The van der Waals surface area contributed by atoms with Gasteiger partial charge in [0.1, 0.15) is 19.3 Å². The third-order valence-corrected chi connectivity index (χ3v) is 12.9. The highest BCUT2D eigenvalue weighted by molar-refractivity contribution is 5.69. The molecular weight excluding hydrogens is 813 g/mol. The molecular formula is C61H112O5. The highest BCUT2D eigenvalue weighted by Crippen LogP contribution is 2.16. The van der Waals surface area contributed by atoms with Gasteiger partial charge in [0.15, 0.2) is 0 Å². The Morgan fingerprint density at radius 1 is 0.318 bits per heavy atom. The van der Waals surface area contributed by atoms with E-state index >= 15 is 0 Å². The quantitative estimate of drug-likeness (QED) is 0.0345. The molecule has 0 radical (unpaired) electrons. The SMILES string of the molecule is CCCCC/C=C\C/C=C\CCCCCCCCCC(=O)OCC(COC(=O)CCCCCCCCC/C=C\C/C=C\CCCCC)OCCCCCCCCCCCCCCCCCC. The zero-order valence-electron chi connectivity index (χ0n) is 44.5. The van der Waals surface area contributed by atoms with E-state index in [2.05, 4.69) is 69.4 Å². The molecule has 0 aliphatic carbocycles. The van der Waals surface area contributed by atoms with Gasteiger partial charge in [0, 0.05) is 19.4 Å². The maximum atomic E-state index is 12.7. The van der Waals surface area contributed by atoms with Gasteiger partial charge in [-0.15, -0.1) is 0 Å². The summed E-state index contributed by atoms with van der Waals surface area (Å²) in [7, 11) is 0. The van der Waals surface area contributed by atoms with Gasteiger partial charge in [-0.1, -0.05) is 256 Å². The molecule has 0 saturated heterocycles. The second-order valence-electron chi connectivity index (χ2n) is 19.5. The summed E-state index contributed by atoms with van der Waals surface area (Å²) < 4.78 is 17.5. The lowest BCUT2D eigenvalue weighted by molar-refractivity contribution is -0.155. The van der Waals surface area contributed by atoms with Crippen molar-refractivity contribution in [1.29, 1.82) is 0 Å². The van der Waals surface area contributed by atoms with E-state index < -0.39 is 6.10 Å². The third-order valence-electron chi connectivity index (χ3n) is 12.9. The molecule has 0 atom stereocenters. The van der Waals surface area contributed by atoms with E-state index in [4.69, 9.17) is 14.2 Å². The van der Waals surface area contributed by atoms with E-state index in [1.807, 2.05) is 0 Å². The first-order chi connectivity index (χ1) is 32.6. The average molecular weight is 926 g/mol. The maximum Gasteiger partial charge on any atom is 0.305 e. The molecule has 0 aliphatic rings. The van der Waals surface area contributed by atoms with Crippen LogP contribution in [0.2, 0.25) is 0 Å². The van der Waals surface area contributed by atoms with Crippen molar-refractivity contribution in [2.24, 2.45) is 0 Å².